The summed E-state index contributed by atoms with van der Waals surface area (Å²) in [4.78, 5) is 32.2. The Kier molecular flexibility index (Phi) is 6.68. The first-order chi connectivity index (χ1) is 14.9. The molecule has 1 saturated heterocycles. The third kappa shape index (κ3) is 5.13. The molecule has 1 unspecified atom stereocenters. The van der Waals surface area contributed by atoms with E-state index < -0.39 is 5.25 Å². The summed E-state index contributed by atoms with van der Waals surface area (Å²) in [7, 11) is 0. The topological polar surface area (TPSA) is 49.7 Å². The van der Waals surface area contributed by atoms with E-state index in [0.717, 1.165) is 0 Å². The zero-order chi connectivity index (χ0) is 22.0. The molecule has 3 aromatic carbocycles. The number of nitrogens with zero attached hydrogens (tertiary/aromatic N) is 2. The van der Waals surface area contributed by atoms with Crippen molar-refractivity contribution in [2.75, 3.05) is 4.90 Å². The number of hydrogen-bond donors (Lipinski definition) is 0. The lowest BCUT2D eigenvalue weighted by molar-refractivity contribution is -0.116. The van der Waals surface area contributed by atoms with Crippen LogP contribution in [0.25, 0.3) is 0 Å². The maximum Gasteiger partial charge on any atom is 0.247 e. The molecule has 1 fully saturated rings. The number of ketones is 1. The molecule has 3 aromatic rings. The summed E-state index contributed by atoms with van der Waals surface area (Å²) < 4.78 is 0. The van der Waals surface area contributed by atoms with E-state index >= 15 is 0 Å². The number of carbonyl (C=O) groups is 2. The lowest BCUT2D eigenvalue weighted by Crippen LogP contribution is -2.32. The van der Waals surface area contributed by atoms with Gasteiger partial charge in [0.15, 0.2) is 11.0 Å². The number of amides is 1. The average molecular weight is 490 g/mol. The molecular formula is C23H15Cl3N2O2S. The molecule has 0 aromatic heterocycles. The van der Waals surface area contributed by atoms with Gasteiger partial charge in [0, 0.05) is 27.1 Å². The van der Waals surface area contributed by atoms with Crippen LogP contribution in [-0.4, -0.2) is 22.1 Å². The first kappa shape index (κ1) is 21.9. The summed E-state index contributed by atoms with van der Waals surface area (Å²) in [6, 6.07) is 20.6. The average Bonchev–Trinajstić information content (AvgIpc) is 3.05. The number of halogens is 3. The van der Waals surface area contributed by atoms with Crippen LogP contribution < -0.4 is 4.90 Å². The molecule has 31 heavy (non-hydrogen) atoms. The molecule has 4 nitrogen and oxygen atoms in total. The van der Waals surface area contributed by atoms with E-state index in [2.05, 4.69) is 4.99 Å². The van der Waals surface area contributed by atoms with Crippen LogP contribution >= 0.6 is 46.6 Å². The monoisotopic (exact) mass is 488 g/mol. The molecule has 0 aliphatic carbocycles. The van der Waals surface area contributed by atoms with Crippen molar-refractivity contribution in [3.8, 4) is 0 Å². The van der Waals surface area contributed by atoms with Crippen LogP contribution in [0, 0.1) is 0 Å². The van der Waals surface area contributed by atoms with Crippen LogP contribution in [0.15, 0.2) is 77.8 Å². The molecule has 0 N–H and O–H groups in total. The number of thioether (sulfide) groups is 1. The minimum absolute atomic E-state index is 0.0505. The van der Waals surface area contributed by atoms with Crippen LogP contribution in [0.4, 0.5) is 11.4 Å². The van der Waals surface area contributed by atoms with Gasteiger partial charge < -0.3 is 0 Å². The second-order valence-corrected chi connectivity index (χ2v) is 9.24. The fourth-order valence-electron chi connectivity index (χ4n) is 3.05. The van der Waals surface area contributed by atoms with E-state index in [4.69, 9.17) is 34.8 Å². The molecular weight excluding hydrogens is 475 g/mol. The van der Waals surface area contributed by atoms with Crippen LogP contribution in [0.3, 0.4) is 0 Å². The van der Waals surface area contributed by atoms with Gasteiger partial charge in [-0.2, -0.15) is 0 Å². The normalized spacial score (nSPS) is 17.4. The fraction of sp³-hybridized carbons (Fsp3) is 0.0870. The number of aliphatic imine (C=N–C) groups is 1. The molecule has 1 heterocycles. The van der Waals surface area contributed by atoms with Crippen molar-refractivity contribution >= 4 is 74.8 Å². The van der Waals surface area contributed by atoms with Crippen LogP contribution in [0.5, 0.6) is 0 Å². The summed E-state index contributed by atoms with van der Waals surface area (Å²) in [6.45, 7) is 0. The van der Waals surface area contributed by atoms with Crippen molar-refractivity contribution in [1.82, 2.24) is 0 Å². The molecule has 1 amide bonds. The zero-order valence-corrected chi connectivity index (χ0v) is 19.1. The smallest absolute Gasteiger partial charge is 0.247 e. The van der Waals surface area contributed by atoms with E-state index in [0.29, 0.717) is 37.2 Å². The molecule has 4 rings (SSSR count). The molecule has 8 heteroatoms. The lowest BCUT2D eigenvalue weighted by atomic mass is 10.1. The SMILES string of the molecule is O=C(CC1SC(=Nc2ccc(Cl)cc2)N(c2ccc(Cl)cc2)C1=O)c1ccc(Cl)cc1. The van der Waals surface area contributed by atoms with Crippen molar-refractivity contribution in [2.45, 2.75) is 11.7 Å². The largest absolute Gasteiger partial charge is 0.294 e. The van der Waals surface area contributed by atoms with Gasteiger partial charge in [-0.3, -0.25) is 14.5 Å². The minimum atomic E-state index is -0.593. The number of amidine groups is 1. The van der Waals surface area contributed by atoms with Crippen molar-refractivity contribution in [1.29, 1.82) is 0 Å². The molecule has 1 aliphatic rings. The fourth-order valence-corrected chi connectivity index (χ4v) is 4.58. The highest BCUT2D eigenvalue weighted by Crippen LogP contribution is 2.36. The maximum atomic E-state index is 13.3. The predicted octanol–water partition coefficient (Wildman–Crippen LogP) is 7.06. The van der Waals surface area contributed by atoms with Crippen molar-refractivity contribution in [3.63, 3.8) is 0 Å². The Morgan fingerprint density at radius 1 is 0.839 bits per heavy atom. The molecule has 1 atom stereocenters. The summed E-state index contributed by atoms with van der Waals surface area (Å²) in [5, 5.41) is 1.61. The van der Waals surface area contributed by atoms with Crippen molar-refractivity contribution in [2.24, 2.45) is 4.99 Å². The number of hydrogen-bond acceptors (Lipinski definition) is 4. The second-order valence-electron chi connectivity index (χ2n) is 6.76. The number of carbonyl (C=O) groups excluding carboxylic acids is 2. The summed E-state index contributed by atoms with van der Waals surface area (Å²) in [5.74, 6) is -0.339. The van der Waals surface area contributed by atoms with Crippen LogP contribution in [-0.2, 0) is 4.79 Å². The Balaban J connectivity index is 1.64. The Hall–Kier alpha value is -2.31. The minimum Gasteiger partial charge on any atom is -0.294 e. The van der Waals surface area contributed by atoms with E-state index in [-0.39, 0.29) is 18.1 Å². The highest BCUT2D eigenvalue weighted by atomic mass is 35.5. The first-order valence-electron chi connectivity index (χ1n) is 9.30. The zero-order valence-electron chi connectivity index (χ0n) is 16.0. The summed E-state index contributed by atoms with van der Waals surface area (Å²) in [5.41, 5.74) is 1.80. The van der Waals surface area contributed by atoms with Crippen molar-refractivity contribution < 1.29 is 9.59 Å². The highest BCUT2D eigenvalue weighted by Gasteiger charge is 2.40. The Labute approximate surface area is 198 Å². The molecule has 0 saturated carbocycles. The lowest BCUT2D eigenvalue weighted by Gasteiger charge is -2.16. The van der Waals surface area contributed by atoms with Gasteiger partial charge in [0.05, 0.1) is 16.6 Å². The standard InChI is InChI=1S/C23H15Cl3N2O2S/c24-15-3-1-14(2-4-15)20(29)13-21-22(30)28(19-11-7-17(26)8-12-19)23(31-21)27-18-9-5-16(25)6-10-18/h1-12,21H,13H2. The molecule has 0 spiro atoms. The number of benzene rings is 3. The van der Waals surface area contributed by atoms with E-state index in [1.165, 1.54) is 16.7 Å². The van der Waals surface area contributed by atoms with Gasteiger partial charge in [0.2, 0.25) is 5.91 Å². The van der Waals surface area contributed by atoms with Gasteiger partial charge in [0.1, 0.15) is 0 Å². The molecule has 1 aliphatic heterocycles. The molecule has 0 bridgehead atoms. The molecule has 156 valence electrons. The van der Waals surface area contributed by atoms with E-state index in [1.54, 1.807) is 72.8 Å². The quantitative estimate of drug-likeness (QED) is 0.361. The summed E-state index contributed by atoms with van der Waals surface area (Å²) >= 11 is 19.1. The van der Waals surface area contributed by atoms with E-state index in [9.17, 15) is 9.59 Å². The Morgan fingerprint density at radius 2 is 1.35 bits per heavy atom. The van der Waals surface area contributed by atoms with Gasteiger partial charge >= 0.3 is 0 Å². The maximum absolute atomic E-state index is 13.3. The number of anilines is 1. The first-order valence-corrected chi connectivity index (χ1v) is 11.3. The second kappa shape index (κ2) is 9.45. The Morgan fingerprint density at radius 3 is 1.94 bits per heavy atom. The number of Topliss-reactive ketones (excluding diaryl/α,β-unsaturated/α-hetero) is 1. The third-order valence-corrected chi connectivity index (χ3v) is 6.50. The van der Waals surface area contributed by atoms with Gasteiger partial charge in [-0.15, -0.1) is 0 Å². The Bertz CT molecular complexity index is 1150. The predicted molar refractivity (Wildman–Crippen MR) is 129 cm³/mol. The van der Waals surface area contributed by atoms with Crippen molar-refractivity contribution in [3.05, 3.63) is 93.4 Å². The third-order valence-electron chi connectivity index (χ3n) is 4.61. The number of rotatable bonds is 5. The van der Waals surface area contributed by atoms with Crippen LogP contribution in [0.2, 0.25) is 15.1 Å². The van der Waals surface area contributed by atoms with Gasteiger partial charge in [-0.25, -0.2) is 4.99 Å². The highest BCUT2D eigenvalue weighted by molar-refractivity contribution is 8.16. The molecule has 0 radical (unpaired) electrons. The van der Waals surface area contributed by atoms with Crippen LogP contribution in [0.1, 0.15) is 16.8 Å². The summed E-state index contributed by atoms with van der Waals surface area (Å²) in [6.07, 6.45) is 0.0505. The van der Waals surface area contributed by atoms with Gasteiger partial charge in [0.25, 0.3) is 0 Å². The van der Waals surface area contributed by atoms with Gasteiger partial charge in [-0.1, -0.05) is 46.6 Å². The van der Waals surface area contributed by atoms with E-state index in [1.807, 2.05) is 0 Å². The van der Waals surface area contributed by atoms with Gasteiger partial charge in [-0.05, 0) is 72.8 Å².